The van der Waals surface area contributed by atoms with Crippen molar-refractivity contribution in [3.05, 3.63) is 0 Å². The number of nitrogens with zero attached hydrogens (tertiary/aromatic N) is 1. The number of rotatable bonds is 6. The highest BCUT2D eigenvalue weighted by Gasteiger charge is 2.55. The van der Waals surface area contributed by atoms with Crippen LogP contribution < -0.4 is 0 Å². The van der Waals surface area contributed by atoms with E-state index in [0.29, 0.717) is 30.5 Å². The Morgan fingerprint density at radius 1 is 0.850 bits per heavy atom. The number of fused-ring (bicyclic) bond motifs is 2. The lowest BCUT2D eigenvalue weighted by atomic mass is 9.71. The van der Waals surface area contributed by atoms with Gasteiger partial charge in [0.1, 0.15) is 0 Å². The van der Waals surface area contributed by atoms with Gasteiger partial charge in [0.05, 0.1) is 19.8 Å². The molecule has 0 aromatic carbocycles. The Morgan fingerprint density at radius 3 is 1.40 bits per heavy atom. The third kappa shape index (κ3) is 3.94. The molecular weight excluding hydrogens is 254 g/mol. The largest absolute Gasteiger partial charge is 0.395 e. The maximum Gasteiger partial charge on any atom is 0.0558 e. The zero-order chi connectivity index (χ0) is 15.2. The van der Waals surface area contributed by atoms with Gasteiger partial charge in [-0.3, -0.25) is 4.90 Å². The molecule has 4 nitrogen and oxygen atoms in total. The van der Waals surface area contributed by atoms with E-state index in [1.165, 1.54) is 25.7 Å². The fourth-order valence-electron chi connectivity index (χ4n) is 3.87. The Balaban J connectivity index is 0.000000200. The second-order valence-electron chi connectivity index (χ2n) is 7.07. The minimum atomic E-state index is 0.0694. The van der Waals surface area contributed by atoms with Crippen LogP contribution in [0.4, 0.5) is 0 Å². The molecule has 0 amide bonds. The molecule has 2 bridgehead atoms. The molecule has 2 fully saturated rings. The van der Waals surface area contributed by atoms with Crippen LogP contribution in [0.2, 0.25) is 0 Å². The predicted octanol–water partition coefficient (Wildman–Crippen LogP) is 1.49. The molecule has 0 aromatic heterocycles. The van der Waals surface area contributed by atoms with E-state index in [9.17, 15) is 0 Å². The summed E-state index contributed by atoms with van der Waals surface area (Å²) in [5.74, 6) is 1.05. The Kier molecular flexibility index (Phi) is 6.92. The average Bonchev–Trinajstić information content (AvgIpc) is 2.75. The van der Waals surface area contributed by atoms with E-state index in [0.717, 1.165) is 5.92 Å². The summed E-state index contributed by atoms with van der Waals surface area (Å²) in [6, 6.07) is 0. The molecule has 0 spiro atoms. The maximum atomic E-state index is 8.48. The van der Waals surface area contributed by atoms with Gasteiger partial charge in [-0.25, -0.2) is 0 Å². The lowest BCUT2D eigenvalue weighted by molar-refractivity contribution is 0.136. The first-order chi connectivity index (χ1) is 9.41. The van der Waals surface area contributed by atoms with E-state index in [-0.39, 0.29) is 19.8 Å². The Bertz CT molecular complexity index is 256. The van der Waals surface area contributed by atoms with E-state index in [1.54, 1.807) is 4.90 Å². The normalized spacial score (nSPS) is 30.4. The van der Waals surface area contributed by atoms with E-state index >= 15 is 0 Å². The molecule has 4 heteroatoms. The smallest absolute Gasteiger partial charge is 0.0558 e. The molecule has 2 rings (SSSR count). The number of aliphatic hydroxyl groups excluding tert-OH is 3. The highest BCUT2D eigenvalue weighted by Crippen LogP contribution is 2.65. The Hall–Kier alpha value is -0.160. The first kappa shape index (κ1) is 17.9. The van der Waals surface area contributed by atoms with Gasteiger partial charge in [-0.15, -0.1) is 0 Å². The molecule has 2 aliphatic rings. The second-order valence-corrected chi connectivity index (χ2v) is 7.07. The molecule has 0 radical (unpaired) electrons. The van der Waals surface area contributed by atoms with Gasteiger partial charge < -0.3 is 15.3 Å². The van der Waals surface area contributed by atoms with Gasteiger partial charge in [0, 0.05) is 19.6 Å². The molecule has 2 saturated carbocycles. The number of aliphatic hydroxyl groups is 3. The summed E-state index contributed by atoms with van der Waals surface area (Å²) in [6.07, 6.45) is 5.99. The van der Waals surface area contributed by atoms with Gasteiger partial charge in [-0.1, -0.05) is 20.8 Å². The van der Waals surface area contributed by atoms with E-state index in [2.05, 4.69) is 20.8 Å². The van der Waals surface area contributed by atoms with Crippen LogP contribution in [0.15, 0.2) is 0 Å². The van der Waals surface area contributed by atoms with Crippen LogP contribution >= 0.6 is 0 Å². The van der Waals surface area contributed by atoms with Gasteiger partial charge in [-0.05, 0) is 42.4 Å². The summed E-state index contributed by atoms with van der Waals surface area (Å²) in [5.41, 5.74) is 1.37. The van der Waals surface area contributed by atoms with Crippen LogP contribution in [0.25, 0.3) is 0 Å². The molecule has 0 unspecified atom stereocenters. The van der Waals surface area contributed by atoms with E-state index < -0.39 is 0 Å². The van der Waals surface area contributed by atoms with Gasteiger partial charge in [-0.2, -0.15) is 0 Å². The van der Waals surface area contributed by atoms with Crippen molar-refractivity contribution in [2.24, 2.45) is 16.7 Å². The van der Waals surface area contributed by atoms with Crippen molar-refractivity contribution in [1.82, 2.24) is 4.90 Å². The first-order valence-corrected chi connectivity index (χ1v) is 7.96. The van der Waals surface area contributed by atoms with Crippen LogP contribution in [0.3, 0.4) is 0 Å². The van der Waals surface area contributed by atoms with Gasteiger partial charge in [0.25, 0.3) is 0 Å². The van der Waals surface area contributed by atoms with E-state index in [1.807, 2.05) is 0 Å². The molecule has 20 heavy (non-hydrogen) atoms. The SMILES string of the molecule is CC12CCC(CC1)C2(C)C.OCCN(CCO)CCO. The molecule has 0 aliphatic heterocycles. The fourth-order valence-corrected chi connectivity index (χ4v) is 3.87. The molecule has 2 aliphatic carbocycles. The molecule has 0 atom stereocenters. The molecule has 120 valence electrons. The van der Waals surface area contributed by atoms with Crippen molar-refractivity contribution in [1.29, 1.82) is 0 Å². The monoisotopic (exact) mass is 287 g/mol. The highest BCUT2D eigenvalue weighted by molar-refractivity contribution is 5.05. The summed E-state index contributed by atoms with van der Waals surface area (Å²) in [5, 5.41) is 25.5. The molecular formula is C16H33NO3. The number of hydrogen-bond donors (Lipinski definition) is 3. The number of hydrogen-bond acceptors (Lipinski definition) is 4. The average molecular weight is 287 g/mol. The minimum absolute atomic E-state index is 0.0694. The summed E-state index contributed by atoms with van der Waals surface area (Å²) in [4.78, 5) is 1.79. The third-order valence-corrected chi connectivity index (χ3v) is 5.91. The van der Waals surface area contributed by atoms with Crippen molar-refractivity contribution in [2.75, 3.05) is 39.5 Å². The summed E-state index contributed by atoms with van der Waals surface area (Å²) in [7, 11) is 0. The van der Waals surface area contributed by atoms with Crippen molar-refractivity contribution in [2.45, 2.75) is 46.5 Å². The lowest BCUT2D eigenvalue weighted by Gasteiger charge is -2.34. The summed E-state index contributed by atoms with van der Waals surface area (Å²) >= 11 is 0. The van der Waals surface area contributed by atoms with Gasteiger partial charge in [0.2, 0.25) is 0 Å². The third-order valence-electron chi connectivity index (χ3n) is 5.91. The van der Waals surface area contributed by atoms with Crippen LogP contribution in [0.5, 0.6) is 0 Å². The van der Waals surface area contributed by atoms with Crippen molar-refractivity contribution in [3.8, 4) is 0 Å². The predicted molar refractivity (Wildman–Crippen MR) is 81.5 cm³/mol. The van der Waals surface area contributed by atoms with Crippen molar-refractivity contribution in [3.63, 3.8) is 0 Å². The molecule has 0 saturated heterocycles. The second kappa shape index (κ2) is 7.74. The van der Waals surface area contributed by atoms with Crippen LogP contribution in [0, 0.1) is 16.7 Å². The van der Waals surface area contributed by atoms with Crippen LogP contribution in [-0.4, -0.2) is 59.7 Å². The van der Waals surface area contributed by atoms with Crippen LogP contribution in [0.1, 0.15) is 46.5 Å². The topological polar surface area (TPSA) is 63.9 Å². The van der Waals surface area contributed by atoms with Gasteiger partial charge >= 0.3 is 0 Å². The van der Waals surface area contributed by atoms with Gasteiger partial charge in [0.15, 0.2) is 0 Å². The highest BCUT2D eigenvalue weighted by atomic mass is 16.3. The Labute approximate surface area is 123 Å². The van der Waals surface area contributed by atoms with Crippen molar-refractivity contribution >= 4 is 0 Å². The van der Waals surface area contributed by atoms with Crippen molar-refractivity contribution < 1.29 is 15.3 Å². The standard InChI is InChI=1S/C10H18.C6H15NO3/c1-9(2)8-4-6-10(9,3)7-5-8;8-4-1-7(2-5-9)3-6-10/h8H,4-7H2,1-3H3;8-10H,1-6H2. The lowest BCUT2D eigenvalue weighted by Crippen LogP contribution is -2.32. The van der Waals surface area contributed by atoms with E-state index in [4.69, 9.17) is 15.3 Å². The zero-order valence-corrected chi connectivity index (χ0v) is 13.4. The van der Waals surface area contributed by atoms with Crippen LogP contribution in [-0.2, 0) is 0 Å². The minimum Gasteiger partial charge on any atom is -0.395 e. The molecule has 0 heterocycles. The summed E-state index contributed by atoms with van der Waals surface area (Å²) < 4.78 is 0. The summed E-state index contributed by atoms with van der Waals surface area (Å²) in [6.45, 7) is 9.18. The Morgan fingerprint density at radius 2 is 1.25 bits per heavy atom. The zero-order valence-electron chi connectivity index (χ0n) is 13.4. The quantitative estimate of drug-likeness (QED) is 0.692. The molecule has 3 N–H and O–H groups in total. The molecule has 0 aromatic rings. The maximum absolute atomic E-state index is 8.48. The fraction of sp³-hybridized carbons (Fsp3) is 1.00. The first-order valence-electron chi connectivity index (χ1n) is 7.96.